The molecule has 0 spiro atoms. The Bertz CT molecular complexity index is 819. The van der Waals surface area contributed by atoms with Gasteiger partial charge in [-0.2, -0.15) is 0 Å². The lowest BCUT2D eigenvalue weighted by atomic mass is 10.1. The van der Waals surface area contributed by atoms with Gasteiger partial charge >= 0.3 is 0 Å². The van der Waals surface area contributed by atoms with E-state index < -0.39 is 6.10 Å². The highest BCUT2D eigenvalue weighted by molar-refractivity contribution is 14.0. The van der Waals surface area contributed by atoms with Crippen LogP contribution >= 0.6 is 24.0 Å². The SMILES string of the molecule is CCNC(=NCC(O)COc1cccc(C)c1)N1CCC(COCc2ccccc2)C1.I. The first-order valence-corrected chi connectivity index (χ1v) is 11.2. The number of nitrogens with zero attached hydrogens (tertiary/aromatic N) is 2. The number of aliphatic hydroxyl groups excluding tert-OH is 1. The number of hydrogen-bond acceptors (Lipinski definition) is 4. The minimum absolute atomic E-state index is 0. The molecule has 2 N–H and O–H groups in total. The summed E-state index contributed by atoms with van der Waals surface area (Å²) in [5.74, 6) is 2.11. The molecule has 6 nitrogen and oxygen atoms in total. The summed E-state index contributed by atoms with van der Waals surface area (Å²) in [6.07, 6.45) is 0.430. The van der Waals surface area contributed by atoms with Gasteiger partial charge in [-0.3, -0.25) is 4.99 Å². The summed E-state index contributed by atoms with van der Waals surface area (Å²) in [6.45, 7) is 8.66. The molecular formula is C25H36IN3O3. The van der Waals surface area contributed by atoms with Gasteiger partial charge in [-0.15, -0.1) is 24.0 Å². The zero-order valence-electron chi connectivity index (χ0n) is 19.1. The third-order valence-corrected chi connectivity index (χ3v) is 5.27. The zero-order chi connectivity index (χ0) is 21.9. The lowest BCUT2D eigenvalue weighted by Gasteiger charge is -2.22. The van der Waals surface area contributed by atoms with Crippen LogP contribution in [0.3, 0.4) is 0 Å². The molecule has 2 aromatic carbocycles. The maximum atomic E-state index is 10.3. The van der Waals surface area contributed by atoms with E-state index in [0.717, 1.165) is 49.9 Å². The van der Waals surface area contributed by atoms with Crippen LogP contribution in [0.15, 0.2) is 59.6 Å². The molecule has 0 aliphatic carbocycles. The Morgan fingerprint density at radius 3 is 2.78 bits per heavy atom. The predicted octanol–water partition coefficient (Wildman–Crippen LogP) is 3.86. The van der Waals surface area contributed by atoms with E-state index in [4.69, 9.17) is 9.47 Å². The Kier molecular flexibility index (Phi) is 11.8. The second kappa shape index (κ2) is 14.3. The fraction of sp³-hybridized carbons (Fsp3) is 0.480. The lowest BCUT2D eigenvalue weighted by Crippen LogP contribution is -2.41. The van der Waals surface area contributed by atoms with Gasteiger partial charge in [-0.1, -0.05) is 42.5 Å². The van der Waals surface area contributed by atoms with Crippen molar-refractivity contribution in [3.63, 3.8) is 0 Å². The number of guanidine groups is 1. The smallest absolute Gasteiger partial charge is 0.194 e. The second-order valence-corrected chi connectivity index (χ2v) is 8.08. The van der Waals surface area contributed by atoms with E-state index in [1.807, 2.05) is 49.4 Å². The fourth-order valence-electron chi connectivity index (χ4n) is 3.65. The van der Waals surface area contributed by atoms with Crippen molar-refractivity contribution in [3.05, 3.63) is 65.7 Å². The Labute approximate surface area is 209 Å². The minimum atomic E-state index is -0.651. The van der Waals surface area contributed by atoms with Gasteiger partial charge in [0, 0.05) is 25.6 Å². The molecule has 2 unspecified atom stereocenters. The van der Waals surface area contributed by atoms with Crippen molar-refractivity contribution in [2.45, 2.75) is 33.0 Å². The van der Waals surface area contributed by atoms with Gasteiger partial charge in [0.15, 0.2) is 5.96 Å². The first kappa shape index (κ1) is 26.4. The number of ether oxygens (including phenoxy) is 2. The van der Waals surface area contributed by atoms with Crippen LogP contribution in [0.25, 0.3) is 0 Å². The average molecular weight is 553 g/mol. The number of halogens is 1. The minimum Gasteiger partial charge on any atom is -0.491 e. The molecule has 3 rings (SSSR count). The van der Waals surface area contributed by atoms with E-state index in [1.54, 1.807) is 0 Å². The molecule has 1 heterocycles. The van der Waals surface area contributed by atoms with E-state index in [2.05, 4.69) is 34.3 Å². The monoisotopic (exact) mass is 553 g/mol. The molecule has 2 aromatic rings. The van der Waals surface area contributed by atoms with Crippen molar-refractivity contribution in [1.82, 2.24) is 10.2 Å². The number of aliphatic imine (C=N–C) groups is 1. The summed E-state index contributed by atoms with van der Waals surface area (Å²) in [5, 5.41) is 13.7. The molecule has 32 heavy (non-hydrogen) atoms. The molecule has 0 radical (unpaired) electrons. The van der Waals surface area contributed by atoms with Crippen molar-refractivity contribution < 1.29 is 14.6 Å². The van der Waals surface area contributed by atoms with E-state index >= 15 is 0 Å². The average Bonchev–Trinajstić information content (AvgIpc) is 3.25. The third kappa shape index (κ3) is 8.96. The van der Waals surface area contributed by atoms with E-state index in [-0.39, 0.29) is 30.6 Å². The molecule has 1 aliphatic rings. The highest BCUT2D eigenvalue weighted by Crippen LogP contribution is 2.18. The largest absolute Gasteiger partial charge is 0.491 e. The van der Waals surface area contributed by atoms with Crippen molar-refractivity contribution in [2.75, 3.05) is 39.4 Å². The van der Waals surface area contributed by atoms with Gasteiger partial charge in [0.1, 0.15) is 18.5 Å². The molecule has 176 valence electrons. The fourth-order valence-corrected chi connectivity index (χ4v) is 3.65. The van der Waals surface area contributed by atoms with Crippen LogP contribution in [0, 0.1) is 12.8 Å². The number of rotatable bonds is 10. The van der Waals surface area contributed by atoms with Gasteiger partial charge < -0.3 is 24.8 Å². The number of aliphatic hydroxyl groups is 1. The van der Waals surface area contributed by atoms with E-state index in [1.165, 1.54) is 5.56 Å². The third-order valence-electron chi connectivity index (χ3n) is 5.27. The molecule has 7 heteroatoms. The molecule has 2 atom stereocenters. The summed E-state index contributed by atoms with van der Waals surface area (Å²) in [5.41, 5.74) is 2.34. The van der Waals surface area contributed by atoms with Crippen LogP contribution in [0.4, 0.5) is 0 Å². The summed E-state index contributed by atoms with van der Waals surface area (Å²) in [4.78, 5) is 6.91. The molecule has 1 aliphatic heterocycles. The van der Waals surface area contributed by atoms with Crippen LogP contribution in [0.2, 0.25) is 0 Å². The lowest BCUT2D eigenvalue weighted by molar-refractivity contribution is 0.0906. The highest BCUT2D eigenvalue weighted by atomic mass is 127. The second-order valence-electron chi connectivity index (χ2n) is 8.08. The molecule has 0 amide bonds. The van der Waals surface area contributed by atoms with Crippen molar-refractivity contribution >= 4 is 29.9 Å². The number of hydrogen-bond donors (Lipinski definition) is 2. The summed E-state index contributed by atoms with van der Waals surface area (Å²) < 4.78 is 11.6. The normalized spacial score (nSPS) is 17.0. The van der Waals surface area contributed by atoms with Crippen LogP contribution in [-0.4, -0.2) is 61.5 Å². The maximum absolute atomic E-state index is 10.3. The first-order chi connectivity index (χ1) is 15.1. The van der Waals surface area contributed by atoms with Gasteiger partial charge in [-0.25, -0.2) is 0 Å². The first-order valence-electron chi connectivity index (χ1n) is 11.2. The zero-order valence-corrected chi connectivity index (χ0v) is 21.4. The number of benzene rings is 2. The van der Waals surface area contributed by atoms with Crippen LogP contribution in [0.1, 0.15) is 24.5 Å². The van der Waals surface area contributed by atoms with Crippen LogP contribution in [-0.2, 0) is 11.3 Å². The molecule has 0 saturated carbocycles. The van der Waals surface area contributed by atoms with Gasteiger partial charge in [0.25, 0.3) is 0 Å². The Morgan fingerprint density at radius 2 is 2.03 bits per heavy atom. The van der Waals surface area contributed by atoms with Gasteiger partial charge in [0.2, 0.25) is 0 Å². The number of aryl methyl sites for hydroxylation is 1. The standard InChI is InChI=1S/C25H35N3O3.HI/c1-3-26-25(27-15-23(29)19-31-24-11-7-8-20(2)14-24)28-13-12-22(16-28)18-30-17-21-9-5-4-6-10-21;/h4-11,14,22-23,29H,3,12-13,15-19H2,1-2H3,(H,26,27);1H. The summed E-state index contributed by atoms with van der Waals surface area (Å²) >= 11 is 0. The number of nitrogens with one attached hydrogen (secondary N) is 1. The Hall–Kier alpha value is -1.84. The molecular weight excluding hydrogens is 517 g/mol. The topological polar surface area (TPSA) is 66.3 Å². The Morgan fingerprint density at radius 1 is 1.22 bits per heavy atom. The molecule has 0 aromatic heterocycles. The molecule has 1 fully saturated rings. The quantitative estimate of drug-likeness (QED) is 0.266. The van der Waals surface area contributed by atoms with Crippen molar-refractivity contribution in [1.29, 1.82) is 0 Å². The molecule has 0 bridgehead atoms. The van der Waals surface area contributed by atoms with Crippen LogP contribution in [0.5, 0.6) is 5.75 Å². The van der Waals surface area contributed by atoms with E-state index in [0.29, 0.717) is 19.1 Å². The predicted molar refractivity (Wildman–Crippen MR) is 140 cm³/mol. The van der Waals surface area contributed by atoms with Gasteiger partial charge in [0.05, 0.1) is 19.8 Å². The summed E-state index contributed by atoms with van der Waals surface area (Å²) in [6, 6.07) is 18.1. The van der Waals surface area contributed by atoms with Crippen molar-refractivity contribution in [2.24, 2.45) is 10.9 Å². The van der Waals surface area contributed by atoms with E-state index in [9.17, 15) is 5.11 Å². The van der Waals surface area contributed by atoms with Crippen molar-refractivity contribution in [3.8, 4) is 5.75 Å². The molecule has 1 saturated heterocycles. The summed E-state index contributed by atoms with van der Waals surface area (Å²) in [7, 11) is 0. The maximum Gasteiger partial charge on any atom is 0.194 e. The van der Waals surface area contributed by atoms with Crippen LogP contribution < -0.4 is 10.1 Å². The Balaban J connectivity index is 0.00000363. The highest BCUT2D eigenvalue weighted by Gasteiger charge is 2.25. The number of likely N-dealkylation sites (tertiary alicyclic amines) is 1. The van der Waals surface area contributed by atoms with Gasteiger partial charge in [-0.05, 0) is 43.5 Å².